The van der Waals surface area contributed by atoms with Crippen molar-refractivity contribution in [3.63, 3.8) is 0 Å². The topological polar surface area (TPSA) is 55.4 Å². The first kappa shape index (κ1) is 15.2. The first-order valence-electron chi connectivity index (χ1n) is 5.25. The fourth-order valence-corrected chi connectivity index (χ4v) is 1.15. The molecule has 1 amide bonds. The molecule has 0 bridgehead atoms. The van der Waals surface area contributed by atoms with Crippen LogP contribution in [0.5, 0.6) is 0 Å². The van der Waals surface area contributed by atoms with Crippen LogP contribution in [0.25, 0.3) is 0 Å². The van der Waals surface area contributed by atoms with Crippen LogP contribution in [-0.4, -0.2) is 29.4 Å². The van der Waals surface area contributed by atoms with Gasteiger partial charge in [-0.05, 0) is 26.7 Å². The highest BCUT2D eigenvalue weighted by atomic mass is 35.5. The molecule has 0 aromatic rings. The van der Waals surface area contributed by atoms with Crippen molar-refractivity contribution in [2.75, 3.05) is 5.88 Å². The van der Waals surface area contributed by atoms with E-state index in [0.29, 0.717) is 0 Å². The summed E-state index contributed by atoms with van der Waals surface area (Å²) in [5.74, 6) is -0.999. The summed E-state index contributed by atoms with van der Waals surface area (Å²) in [6, 6.07) is -0.648. The highest BCUT2D eigenvalue weighted by Crippen LogP contribution is 2.12. The van der Waals surface area contributed by atoms with Crippen LogP contribution >= 0.6 is 11.6 Å². The van der Waals surface area contributed by atoms with Crippen molar-refractivity contribution >= 4 is 23.5 Å². The number of ether oxygens (including phenoxy) is 1. The molecule has 0 spiro atoms. The molecule has 0 aliphatic heterocycles. The molecule has 1 atom stereocenters. The SMILES string of the molecule is CC(C)[C@H](NC(=O)CCl)C(=O)OC(C)(C)C. The van der Waals surface area contributed by atoms with E-state index in [1.54, 1.807) is 20.8 Å². The zero-order chi connectivity index (χ0) is 12.9. The van der Waals surface area contributed by atoms with E-state index in [9.17, 15) is 9.59 Å². The Hall–Kier alpha value is -0.770. The number of rotatable bonds is 4. The smallest absolute Gasteiger partial charge is 0.329 e. The standard InChI is InChI=1S/C11H20ClNO3/c1-7(2)9(13-8(14)6-12)10(15)16-11(3,4)5/h7,9H,6H2,1-5H3,(H,13,14)/t9-/m0/s1. The van der Waals surface area contributed by atoms with Crippen LogP contribution in [0.4, 0.5) is 0 Å². The van der Waals surface area contributed by atoms with Gasteiger partial charge in [0.15, 0.2) is 0 Å². The van der Waals surface area contributed by atoms with E-state index in [-0.39, 0.29) is 17.7 Å². The van der Waals surface area contributed by atoms with Gasteiger partial charge >= 0.3 is 5.97 Å². The summed E-state index contributed by atoms with van der Waals surface area (Å²) in [6.45, 7) is 9.02. The molecule has 0 unspecified atom stereocenters. The van der Waals surface area contributed by atoms with Crippen molar-refractivity contribution in [1.82, 2.24) is 5.32 Å². The summed E-state index contributed by atoms with van der Waals surface area (Å²) in [7, 11) is 0. The number of carbonyl (C=O) groups is 2. The number of amides is 1. The van der Waals surface area contributed by atoms with Crippen LogP contribution in [-0.2, 0) is 14.3 Å². The lowest BCUT2D eigenvalue weighted by molar-refractivity contribution is -0.159. The minimum Gasteiger partial charge on any atom is -0.458 e. The van der Waals surface area contributed by atoms with Crippen LogP contribution in [0, 0.1) is 5.92 Å². The molecule has 0 aliphatic rings. The number of esters is 1. The first-order valence-corrected chi connectivity index (χ1v) is 5.79. The molecule has 94 valence electrons. The van der Waals surface area contributed by atoms with Crippen LogP contribution in [0.15, 0.2) is 0 Å². The molecule has 5 heteroatoms. The molecule has 0 radical (unpaired) electrons. The second kappa shape index (κ2) is 6.09. The van der Waals surface area contributed by atoms with E-state index < -0.39 is 17.6 Å². The predicted molar refractivity (Wildman–Crippen MR) is 63.3 cm³/mol. The van der Waals surface area contributed by atoms with Gasteiger partial charge < -0.3 is 10.1 Å². The van der Waals surface area contributed by atoms with Crippen molar-refractivity contribution in [2.24, 2.45) is 5.92 Å². The number of hydrogen-bond acceptors (Lipinski definition) is 3. The van der Waals surface area contributed by atoms with Gasteiger partial charge in [-0.1, -0.05) is 13.8 Å². The molecule has 0 saturated carbocycles. The summed E-state index contributed by atoms with van der Waals surface area (Å²) in [5.41, 5.74) is -0.560. The maximum absolute atomic E-state index is 11.8. The number of halogens is 1. The number of hydrogen-bond donors (Lipinski definition) is 1. The molecule has 0 rings (SSSR count). The molecule has 0 aliphatic carbocycles. The fourth-order valence-electron chi connectivity index (χ4n) is 1.08. The van der Waals surface area contributed by atoms with E-state index in [1.165, 1.54) is 0 Å². The van der Waals surface area contributed by atoms with Gasteiger partial charge in [-0.25, -0.2) is 4.79 Å². The zero-order valence-corrected chi connectivity index (χ0v) is 11.2. The van der Waals surface area contributed by atoms with Crippen molar-refractivity contribution in [3.8, 4) is 0 Å². The molecular formula is C11H20ClNO3. The van der Waals surface area contributed by atoms with Gasteiger partial charge in [-0.3, -0.25) is 4.79 Å². The molecular weight excluding hydrogens is 230 g/mol. The summed E-state index contributed by atoms with van der Waals surface area (Å²) < 4.78 is 5.21. The lowest BCUT2D eigenvalue weighted by atomic mass is 10.0. The van der Waals surface area contributed by atoms with Crippen molar-refractivity contribution in [1.29, 1.82) is 0 Å². The van der Waals surface area contributed by atoms with Crippen LogP contribution < -0.4 is 5.32 Å². The van der Waals surface area contributed by atoms with Gasteiger partial charge in [0, 0.05) is 0 Å². The molecule has 0 saturated heterocycles. The largest absolute Gasteiger partial charge is 0.458 e. The Morgan fingerprint density at radius 1 is 1.31 bits per heavy atom. The third-order valence-corrected chi connectivity index (χ3v) is 2.01. The van der Waals surface area contributed by atoms with Crippen LogP contribution in [0.2, 0.25) is 0 Å². The van der Waals surface area contributed by atoms with E-state index in [2.05, 4.69) is 5.32 Å². The fraction of sp³-hybridized carbons (Fsp3) is 0.818. The average Bonchev–Trinajstić information content (AvgIpc) is 2.09. The highest BCUT2D eigenvalue weighted by Gasteiger charge is 2.28. The molecule has 0 aromatic carbocycles. The first-order chi connectivity index (χ1) is 7.17. The summed E-state index contributed by atoms with van der Waals surface area (Å²) in [4.78, 5) is 22.9. The minimum absolute atomic E-state index is 0.0398. The van der Waals surface area contributed by atoms with Crippen LogP contribution in [0.3, 0.4) is 0 Å². The second-order valence-electron chi connectivity index (χ2n) is 4.96. The molecule has 0 heterocycles. The number of alkyl halides is 1. The quantitative estimate of drug-likeness (QED) is 0.610. The van der Waals surface area contributed by atoms with Crippen molar-refractivity contribution in [3.05, 3.63) is 0 Å². The van der Waals surface area contributed by atoms with E-state index in [1.807, 2.05) is 13.8 Å². The van der Waals surface area contributed by atoms with Crippen molar-refractivity contribution < 1.29 is 14.3 Å². The van der Waals surface area contributed by atoms with Crippen molar-refractivity contribution in [2.45, 2.75) is 46.3 Å². The Bertz CT molecular complexity index is 258. The molecule has 16 heavy (non-hydrogen) atoms. The molecule has 1 N–H and O–H groups in total. The zero-order valence-electron chi connectivity index (χ0n) is 10.5. The minimum atomic E-state index is -0.648. The van der Waals surface area contributed by atoms with Gasteiger partial charge in [0.2, 0.25) is 5.91 Å². The molecule has 0 fully saturated rings. The van der Waals surface area contributed by atoms with E-state index in [4.69, 9.17) is 16.3 Å². The van der Waals surface area contributed by atoms with Crippen LogP contribution in [0.1, 0.15) is 34.6 Å². The number of carbonyl (C=O) groups excluding carboxylic acids is 2. The third-order valence-electron chi connectivity index (χ3n) is 1.77. The second-order valence-corrected chi connectivity index (χ2v) is 5.22. The van der Waals surface area contributed by atoms with Gasteiger partial charge in [0.1, 0.15) is 17.5 Å². The maximum atomic E-state index is 11.8. The normalized spacial score (nSPS) is 13.4. The van der Waals surface area contributed by atoms with Gasteiger partial charge in [-0.2, -0.15) is 0 Å². The monoisotopic (exact) mass is 249 g/mol. The molecule has 4 nitrogen and oxygen atoms in total. The average molecular weight is 250 g/mol. The Morgan fingerprint density at radius 2 is 1.81 bits per heavy atom. The maximum Gasteiger partial charge on any atom is 0.329 e. The van der Waals surface area contributed by atoms with Gasteiger partial charge in [0.05, 0.1) is 0 Å². The summed E-state index contributed by atoms with van der Waals surface area (Å²) >= 11 is 5.37. The predicted octanol–water partition coefficient (Wildman–Crippen LogP) is 1.71. The number of nitrogens with one attached hydrogen (secondary N) is 1. The lowest BCUT2D eigenvalue weighted by Gasteiger charge is -2.26. The Balaban J connectivity index is 4.54. The molecule has 0 aromatic heterocycles. The van der Waals surface area contributed by atoms with Gasteiger partial charge in [0.25, 0.3) is 0 Å². The summed E-state index contributed by atoms with van der Waals surface area (Å²) in [6.07, 6.45) is 0. The third kappa shape index (κ3) is 5.95. The highest BCUT2D eigenvalue weighted by molar-refractivity contribution is 6.27. The van der Waals surface area contributed by atoms with E-state index >= 15 is 0 Å². The van der Waals surface area contributed by atoms with Gasteiger partial charge in [-0.15, -0.1) is 11.6 Å². The van der Waals surface area contributed by atoms with E-state index in [0.717, 1.165) is 0 Å². The summed E-state index contributed by atoms with van der Waals surface area (Å²) in [5, 5.41) is 2.54. The lowest BCUT2D eigenvalue weighted by Crippen LogP contribution is -2.47. The Morgan fingerprint density at radius 3 is 2.12 bits per heavy atom. The Labute approximate surface area is 102 Å². The Kier molecular flexibility index (Phi) is 5.79.